The van der Waals surface area contributed by atoms with Gasteiger partial charge >= 0.3 is 0 Å². The van der Waals surface area contributed by atoms with Crippen molar-refractivity contribution in [2.75, 3.05) is 11.9 Å². The average molecular weight is 495 g/mol. The molecule has 6 nitrogen and oxygen atoms in total. The summed E-state index contributed by atoms with van der Waals surface area (Å²) in [6.07, 6.45) is 2.69. The highest BCUT2D eigenvalue weighted by Gasteiger charge is 2.18. The van der Waals surface area contributed by atoms with E-state index in [1.54, 1.807) is 10.3 Å². The van der Waals surface area contributed by atoms with Crippen molar-refractivity contribution < 1.29 is 18.4 Å². The fourth-order valence-corrected chi connectivity index (χ4v) is 4.37. The lowest BCUT2D eigenvalue weighted by Gasteiger charge is -2.23. The Hall–Kier alpha value is -3.85. The molecule has 9 heteroatoms. The Balaban J connectivity index is 1.43. The molecular formula is C26H24F2N4O2S. The fraction of sp³-hybridized carbons (Fsp3) is 0.192. The van der Waals surface area contributed by atoms with E-state index < -0.39 is 0 Å². The lowest BCUT2D eigenvalue weighted by molar-refractivity contribution is 0.0739. The minimum Gasteiger partial charge on any atom is -0.343 e. The molecule has 0 fully saturated rings. The maximum atomic E-state index is 13.3. The lowest BCUT2D eigenvalue weighted by atomic mass is 10.2. The zero-order valence-electron chi connectivity index (χ0n) is 19.1. The Kier molecular flexibility index (Phi) is 7.67. The highest BCUT2D eigenvalue weighted by molar-refractivity contribution is 7.09. The van der Waals surface area contributed by atoms with Crippen LogP contribution < -0.4 is 5.32 Å². The normalized spacial score (nSPS) is 10.8. The summed E-state index contributed by atoms with van der Waals surface area (Å²) in [5.74, 6) is -1.29. The Morgan fingerprint density at radius 1 is 1.03 bits per heavy atom. The molecule has 35 heavy (non-hydrogen) atoms. The summed E-state index contributed by atoms with van der Waals surface area (Å²) in [7, 11) is 0. The minimum atomic E-state index is -0.383. The molecular weight excluding hydrogens is 470 g/mol. The van der Waals surface area contributed by atoms with Crippen molar-refractivity contribution in [3.05, 3.63) is 106 Å². The summed E-state index contributed by atoms with van der Waals surface area (Å²) in [5, 5.41) is 5.12. The quantitative estimate of drug-likeness (QED) is 0.331. The van der Waals surface area contributed by atoms with Crippen molar-refractivity contribution in [2.24, 2.45) is 0 Å². The molecule has 0 unspecified atom stereocenters. The van der Waals surface area contributed by atoms with Crippen LogP contribution in [-0.2, 0) is 13.1 Å². The first-order valence-electron chi connectivity index (χ1n) is 11.1. The van der Waals surface area contributed by atoms with Gasteiger partial charge in [0.05, 0.1) is 13.1 Å². The maximum absolute atomic E-state index is 13.3. The molecule has 2 aromatic carbocycles. The van der Waals surface area contributed by atoms with Crippen molar-refractivity contribution in [3.63, 3.8) is 0 Å². The van der Waals surface area contributed by atoms with Crippen LogP contribution in [0.2, 0.25) is 0 Å². The van der Waals surface area contributed by atoms with Crippen molar-refractivity contribution in [1.29, 1.82) is 0 Å². The minimum absolute atomic E-state index is 0.159. The number of anilines is 1. The molecule has 2 heterocycles. The van der Waals surface area contributed by atoms with E-state index in [-0.39, 0.29) is 29.1 Å². The average Bonchev–Trinajstić information content (AvgIpc) is 3.50. The number of thiazole rings is 1. The predicted molar refractivity (Wildman–Crippen MR) is 131 cm³/mol. The van der Waals surface area contributed by atoms with Crippen LogP contribution in [0.15, 0.2) is 72.2 Å². The van der Waals surface area contributed by atoms with Crippen molar-refractivity contribution >= 4 is 28.8 Å². The van der Waals surface area contributed by atoms with Crippen molar-refractivity contribution in [2.45, 2.75) is 26.4 Å². The standard InChI is InChI=1S/C26H24F2N4O2S/c1-2-13-32(26(34)18-5-7-19(27)8-6-18)15-22-4-3-14-31(22)16-24-30-23(17-35-24)25(33)29-21-11-9-20(28)10-12-21/h3-12,14,17H,2,13,15-16H2,1H3,(H,29,33). The second-order valence-electron chi connectivity index (χ2n) is 7.95. The predicted octanol–water partition coefficient (Wildman–Crippen LogP) is 5.58. The number of nitrogens with one attached hydrogen (secondary N) is 1. The van der Waals surface area contributed by atoms with Gasteiger partial charge in [-0.05, 0) is 67.1 Å². The Morgan fingerprint density at radius 3 is 2.40 bits per heavy atom. The maximum Gasteiger partial charge on any atom is 0.275 e. The second kappa shape index (κ2) is 11.1. The summed E-state index contributed by atoms with van der Waals surface area (Å²) in [6.45, 7) is 3.40. The summed E-state index contributed by atoms with van der Waals surface area (Å²) < 4.78 is 28.3. The van der Waals surface area contributed by atoms with E-state index in [0.717, 1.165) is 17.1 Å². The van der Waals surface area contributed by atoms with Gasteiger partial charge in [0.25, 0.3) is 11.8 Å². The number of nitrogens with zero attached hydrogens (tertiary/aromatic N) is 3. The number of amides is 2. The number of hydrogen-bond acceptors (Lipinski definition) is 4. The molecule has 0 aliphatic rings. The number of carbonyl (C=O) groups is 2. The van der Waals surface area contributed by atoms with Crippen molar-refractivity contribution in [3.8, 4) is 0 Å². The third-order valence-corrected chi connectivity index (χ3v) is 6.17. The van der Waals surface area contributed by atoms with Gasteiger partial charge < -0.3 is 14.8 Å². The smallest absolute Gasteiger partial charge is 0.275 e. The van der Waals surface area contributed by atoms with Crippen LogP contribution in [0, 0.1) is 11.6 Å². The largest absolute Gasteiger partial charge is 0.343 e. The molecule has 1 N–H and O–H groups in total. The zero-order chi connectivity index (χ0) is 24.8. The van der Waals surface area contributed by atoms with E-state index in [0.29, 0.717) is 30.9 Å². The van der Waals surface area contributed by atoms with Gasteiger partial charge in [-0.1, -0.05) is 6.92 Å². The zero-order valence-corrected chi connectivity index (χ0v) is 19.9. The van der Waals surface area contributed by atoms with Gasteiger partial charge in [0.2, 0.25) is 0 Å². The number of carbonyl (C=O) groups excluding carboxylic acids is 2. The van der Waals surface area contributed by atoms with E-state index in [4.69, 9.17) is 0 Å². The number of rotatable bonds is 9. The number of aromatic nitrogens is 2. The first-order chi connectivity index (χ1) is 16.9. The molecule has 4 aromatic rings. The summed E-state index contributed by atoms with van der Waals surface area (Å²) in [5.41, 5.74) is 2.12. The molecule has 0 aliphatic carbocycles. The van der Waals surface area contributed by atoms with Gasteiger partial charge in [0, 0.05) is 35.1 Å². The van der Waals surface area contributed by atoms with Crippen LogP contribution >= 0.6 is 11.3 Å². The van der Waals surface area contributed by atoms with Crippen molar-refractivity contribution in [1.82, 2.24) is 14.5 Å². The highest BCUT2D eigenvalue weighted by atomic mass is 32.1. The molecule has 0 saturated carbocycles. The van der Waals surface area contributed by atoms with Crippen LogP contribution in [-0.4, -0.2) is 32.8 Å². The van der Waals surface area contributed by atoms with Crippen LogP contribution in [0.5, 0.6) is 0 Å². The van der Waals surface area contributed by atoms with Gasteiger partial charge in [0.1, 0.15) is 22.3 Å². The molecule has 180 valence electrons. The topological polar surface area (TPSA) is 67.2 Å². The fourth-order valence-electron chi connectivity index (χ4n) is 3.60. The molecule has 2 amide bonds. The van der Waals surface area contributed by atoms with Crippen LogP contribution in [0.3, 0.4) is 0 Å². The Morgan fingerprint density at radius 2 is 1.71 bits per heavy atom. The van der Waals surface area contributed by atoms with Gasteiger partial charge in [-0.2, -0.15) is 0 Å². The third kappa shape index (κ3) is 6.19. The van der Waals surface area contributed by atoms with Gasteiger partial charge in [-0.25, -0.2) is 13.8 Å². The third-order valence-electron chi connectivity index (χ3n) is 5.34. The lowest BCUT2D eigenvalue weighted by Crippen LogP contribution is -2.32. The molecule has 0 atom stereocenters. The molecule has 0 radical (unpaired) electrons. The van der Waals surface area contributed by atoms with Gasteiger partial charge in [0.15, 0.2) is 0 Å². The SMILES string of the molecule is CCCN(Cc1cccn1Cc1nc(C(=O)Nc2ccc(F)cc2)cs1)C(=O)c1ccc(F)cc1. The number of halogens is 2. The van der Waals surface area contributed by atoms with E-state index in [1.807, 2.05) is 29.8 Å². The first kappa shape index (κ1) is 24.3. The van der Waals surface area contributed by atoms with E-state index in [9.17, 15) is 18.4 Å². The highest BCUT2D eigenvalue weighted by Crippen LogP contribution is 2.18. The van der Waals surface area contributed by atoms with Crippen LogP contribution in [0.1, 0.15) is 44.9 Å². The molecule has 0 saturated heterocycles. The summed E-state index contributed by atoms with van der Waals surface area (Å²) >= 11 is 1.36. The Bertz CT molecular complexity index is 1300. The molecule has 2 aromatic heterocycles. The van der Waals surface area contributed by atoms with E-state index in [1.165, 1.54) is 59.9 Å². The van der Waals surface area contributed by atoms with Crippen LogP contribution in [0.4, 0.5) is 14.5 Å². The summed E-state index contributed by atoms with van der Waals surface area (Å²) in [4.78, 5) is 31.7. The number of hydrogen-bond donors (Lipinski definition) is 1. The summed E-state index contributed by atoms with van der Waals surface area (Å²) in [6, 6.07) is 14.9. The van der Waals surface area contributed by atoms with E-state index in [2.05, 4.69) is 10.3 Å². The van der Waals surface area contributed by atoms with Gasteiger partial charge in [-0.15, -0.1) is 11.3 Å². The number of benzene rings is 2. The van der Waals surface area contributed by atoms with Crippen LogP contribution in [0.25, 0.3) is 0 Å². The second-order valence-corrected chi connectivity index (χ2v) is 8.89. The monoisotopic (exact) mass is 494 g/mol. The molecule has 0 aliphatic heterocycles. The van der Waals surface area contributed by atoms with Gasteiger partial charge in [-0.3, -0.25) is 9.59 Å². The molecule has 0 spiro atoms. The molecule has 4 rings (SSSR count). The first-order valence-corrected chi connectivity index (χ1v) is 12.0. The van der Waals surface area contributed by atoms with E-state index >= 15 is 0 Å². The molecule has 0 bridgehead atoms. The Labute approximate surface area is 205 Å².